The van der Waals surface area contributed by atoms with Crippen LogP contribution in [0.25, 0.3) is 0 Å². The lowest BCUT2D eigenvalue weighted by molar-refractivity contribution is -0.150. The van der Waals surface area contributed by atoms with Crippen LogP contribution in [0.5, 0.6) is 0 Å². The van der Waals surface area contributed by atoms with Crippen molar-refractivity contribution in [2.24, 2.45) is 0 Å². The Morgan fingerprint density at radius 1 is 1.56 bits per heavy atom. The van der Waals surface area contributed by atoms with E-state index in [1.54, 1.807) is 0 Å². The van der Waals surface area contributed by atoms with Gasteiger partial charge >= 0.3 is 5.97 Å². The summed E-state index contributed by atoms with van der Waals surface area (Å²) < 4.78 is 5.38. The Kier molecular flexibility index (Phi) is 2.94. The van der Waals surface area contributed by atoms with E-state index in [0.29, 0.717) is 13.2 Å². The molecule has 0 amide bonds. The molecule has 1 unspecified atom stereocenters. The second kappa shape index (κ2) is 4.23. The summed E-state index contributed by atoms with van der Waals surface area (Å²) >= 11 is 0. The van der Waals surface area contributed by atoms with Crippen LogP contribution in [0.3, 0.4) is 0 Å². The van der Waals surface area contributed by atoms with E-state index in [9.17, 15) is 9.90 Å². The number of rotatable bonds is 3. The first kappa shape index (κ1) is 11.1. The number of likely N-dealkylation sites (N-methyl/N-ethyl adjacent to an activating group) is 1. The summed E-state index contributed by atoms with van der Waals surface area (Å²) in [4.78, 5) is 11.5. The standard InChI is InChI=1S/C12H15NO3/c1-2-13-12(11(14)15)8-16-7-9-5-3-4-6-10(9)12/h3-6,13H,2,7-8H2,1H3,(H,14,15). The number of ether oxygens (including phenoxy) is 1. The minimum atomic E-state index is -1.09. The van der Waals surface area contributed by atoms with Gasteiger partial charge in [-0.1, -0.05) is 31.2 Å². The number of carboxylic acids is 1. The number of carboxylic acid groups (broad SMARTS) is 1. The molecule has 0 spiro atoms. The predicted octanol–water partition coefficient (Wildman–Crippen LogP) is 1.11. The highest BCUT2D eigenvalue weighted by Gasteiger charge is 2.43. The Hall–Kier alpha value is -1.39. The molecule has 1 aromatic carbocycles. The minimum Gasteiger partial charge on any atom is -0.480 e. The lowest BCUT2D eigenvalue weighted by atomic mass is 9.85. The molecule has 16 heavy (non-hydrogen) atoms. The summed E-state index contributed by atoms with van der Waals surface area (Å²) in [5, 5.41) is 12.5. The second-order valence-electron chi connectivity index (χ2n) is 3.89. The van der Waals surface area contributed by atoms with E-state index in [-0.39, 0.29) is 6.61 Å². The maximum atomic E-state index is 11.5. The molecule has 0 fully saturated rings. The Labute approximate surface area is 94.2 Å². The summed E-state index contributed by atoms with van der Waals surface area (Å²) in [5.74, 6) is -0.887. The van der Waals surface area contributed by atoms with E-state index < -0.39 is 11.5 Å². The first-order chi connectivity index (χ1) is 7.70. The number of hydrogen-bond acceptors (Lipinski definition) is 3. The van der Waals surface area contributed by atoms with E-state index in [0.717, 1.165) is 11.1 Å². The van der Waals surface area contributed by atoms with Crippen molar-refractivity contribution in [3.05, 3.63) is 35.4 Å². The Morgan fingerprint density at radius 3 is 3.00 bits per heavy atom. The lowest BCUT2D eigenvalue weighted by Gasteiger charge is -2.35. The zero-order valence-corrected chi connectivity index (χ0v) is 9.19. The first-order valence-corrected chi connectivity index (χ1v) is 5.35. The van der Waals surface area contributed by atoms with Crippen LogP contribution >= 0.6 is 0 Å². The van der Waals surface area contributed by atoms with Crippen molar-refractivity contribution < 1.29 is 14.6 Å². The second-order valence-corrected chi connectivity index (χ2v) is 3.89. The van der Waals surface area contributed by atoms with Crippen molar-refractivity contribution in [1.29, 1.82) is 0 Å². The smallest absolute Gasteiger partial charge is 0.331 e. The molecule has 1 atom stereocenters. The Morgan fingerprint density at radius 2 is 2.31 bits per heavy atom. The van der Waals surface area contributed by atoms with Crippen molar-refractivity contribution in [2.75, 3.05) is 13.2 Å². The average molecular weight is 221 g/mol. The van der Waals surface area contributed by atoms with E-state index >= 15 is 0 Å². The fraction of sp³-hybridized carbons (Fsp3) is 0.417. The monoisotopic (exact) mass is 221 g/mol. The molecule has 4 nitrogen and oxygen atoms in total. The first-order valence-electron chi connectivity index (χ1n) is 5.35. The maximum absolute atomic E-state index is 11.5. The largest absolute Gasteiger partial charge is 0.480 e. The van der Waals surface area contributed by atoms with Crippen LogP contribution in [-0.2, 0) is 21.7 Å². The lowest BCUT2D eigenvalue weighted by Crippen LogP contribution is -2.54. The van der Waals surface area contributed by atoms with Crippen molar-refractivity contribution in [1.82, 2.24) is 5.32 Å². The van der Waals surface area contributed by atoms with Gasteiger partial charge in [-0.15, -0.1) is 0 Å². The van der Waals surface area contributed by atoms with Crippen LogP contribution in [-0.4, -0.2) is 24.2 Å². The van der Waals surface area contributed by atoms with Gasteiger partial charge in [0.25, 0.3) is 0 Å². The molecule has 86 valence electrons. The summed E-state index contributed by atoms with van der Waals surface area (Å²) in [6, 6.07) is 7.52. The highest BCUT2D eigenvalue weighted by atomic mass is 16.5. The van der Waals surface area contributed by atoms with E-state index in [1.165, 1.54) is 0 Å². The topological polar surface area (TPSA) is 58.6 Å². The van der Waals surface area contributed by atoms with Crippen LogP contribution in [0.2, 0.25) is 0 Å². The third-order valence-electron chi connectivity index (χ3n) is 2.90. The van der Waals surface area contributed by atoms with Gasteiger partial charge in [0.1, 0.15) is 0 Å². The van der Waals surface area contributed by atoms with Gasteiger partial charge in [-0.3, -0.25) is 5.32 Å². The van der Waals surface area contributed by atoms with Gasteiger partial charge in [-0.05, 0) is 17.7 Å². The van der Waals surface area contributed by atoms with Crippen molar-refractivity contribution >= 4 is 5.97 Å². The molecule has 1 aromatic rings. The molecule has 1 aliphatic rings. The van der Waals surface area contributed by atoms with Gasteiger partial charge in [0.15, 0.2) is 5.54 Å². The van der Waals surface area contributed by atoms with Gasteiger partial charge in [0.05, 0.1) is 13.2 Å². The number of fused-ring (bicyclic) bond motifs is 1. The van der Waals surface area contributed by atoms with Crippen LogP contribution in [0.15, 0.2) is 24.3 Å². The average Bonchev–Trinajstić information content (AvgIpc) is 2.29. The zero-order valence-electron chi connectivity index (χ0n) is 9.19. The molecule has 0 saturated carbocycles. The van der Waals surface area contributed by atoms with Crippen molar-refractivity contribution in [3.8, 4) is 0 Å². The predicted molar refractivity (Wildman–Crippen MR) is 59.1 cm³/mol. The fourth-order valence-electron chi connectivity index (χ4n) is 2.15. The number of benzene rings is 1. The van der Waals surface area contributed by atoms with Crippen molar-refractivity contribution in [2.45, 2.75) is 19.1 Å². The van der Waals surface area contributed by atoms with Crippen LogP contribution in [0, 0.1) is 0 Å². The highest BCUT2D eigenvalue weighted by molar-refractivity contribution is 5.82. The van der Waals surface area contributed by atoms with E-state index in [2.05, 4.69) is 5.32 Å². The summed E-state index contributed by atoms with van der Waals surface area (Å²) in [7, 11) is 0. The molecular formula is C12H15NO3. The zero-order chi connectivity index (χ0) is 11.6. The SMILES string of the molecule is CCNC1(C(=O)O)COCc2ccccc21. The van der Waals surface area contributed by atoms with Crippen LogP contribution < -0.4 is 5.32 Å². The quantitative estimate of drug-likeness (QED) is 0.802. The maximum Gasteiger partial charge on any atom is 0.331 e. The van der Waals surface area contributed by atoms with Crippen LogP contribution in [0.1, 0.15) is 18.1 Å². The van der Waals surface area contributed by atoms with Gasteiger partial charge in [0, 0.05) is 0 Å². The van der Waals surface area contributed by atoms with Gasteiger partial charge in [-0.25, -0.2) is 4.79 Å². The summed E-state index contributed by atoms with van der Waals surface area (Å²) in [6.45, 7) is 3.13. The molecule has 0 bridgehead atoms. The molecule has 0 saturated heterocycles. The number of hydrogen-bond donors (Lipinski definition) is 2. The third kappa shape index (κ3) is 1.60. The fourth-order valence-corrected chi connectivity index (χ4v) is 2.15. The van der Waals surface area contributed by atoms with Gasteiger partial charge in [0.2, 0.25) is 0 Å². The van der Waals surface area contributed by atoms with E-state index in [4.69, 9.17) is 4.74 Å². The Balaban J connectivity index is 2.52. The molecule has 0 radical (unpaired) electrons. The number of carbonyl (C=O) groups is 1. The molecule has 1 aliphatic heterocycles. The molecule has 0 aromatic heterocycles. The third-order valence-corrected chi connectivity index (χ3v) is 2.90. The molecule has 1 heterocycles. The van der Waals surface area contributed by atoms with Gasteiger partial charge < -0.3 is 9.84 Å². The summed E-state index contributed by atoms with van der Waals surface area (Å²) in [5.41, 5.74) is 0.663. The normalized spacial score (nSPS) is 23.8. The molecular weight excluding hydrogens is 206 g/mol. The van der Waals surface area contributed by atoms with Gasteiger partial charge in [-0.2, -0.15) is 0 Å². The number of nitrogens with one attached hydrogen (secondary N) is 1. The minimum absolute atomic E-state index is 0.174. The highest BCUT2D eigenvalue weighted by Crippen LogP contribution is 2.30. The molecule has 2 rings (SSSR count). The summed E-state index contributed by atoms with van der Waals surface area (Å²) in [6.07, 6.45) is 0. The molecule has 0 aliphatic carbocycles. The van der Waals surface area contributed by atoms with Crippen LogP contribution in [0.4, 0.5) is 0 Å². The van der Waals surface area contributed by atoms with Crippen molar-refractivity contribution in [3.63, 3.8) is 0 Å². The molecule has 4 heteroatoms. The van der Waals surface area contributed by atoms with E-state index in [1.807, 2.05) is 31.2 Å². The number of aliphatic carboxylic acids is 1. The molecule has 2 N–H and O–H groups in total. The Bertz CT molecular complexity index is 405.